The number of unbranched alkanes of at least 4 members (excludes halogenated alkanes) is 2. The molecule has 0 radical (unpaired) electrons. The van der Waals surface area contributed by atoms with Crippen LogP contribution in [0.1, 0.15) is 43.7 Å². The summed E-state index contributed by atoms with van der Waals surface area (Å²) in [5, 5.41) is 8.41. The monoisotopic (exact) mass is 201 g/mol. The molecule has 0 N–H and O–H groups in total. The Labute approximate surface area is 92.7 Å². The quantitative estimate of drug-likeness (QED) is 0.641. The number of rotatable bonds is 6. The van der Waals surface area contributed by atoms with Gasteiger partial charge in [0.15, 0.2) is 0 Å². The Morgan fingerprint density at radius 2 is 1.60 bits per heavy atom. The van der Waals surface area contributed by atoms with Gasteiger partial charge in [-0.05, 0) is 36.8 Å². The van der Waals surface area contributed by atoms with Gasteiger partial charge in [0.1, 0.15) is 0 Å². The minimum absolute atomic E-state index is 0.688. The number of nitriles is 1. The van der Waals surface area contributed by atoms with Crippen molar-refractivity contribution >= 4 is 0 Å². The van der Waals surface area contributed by atoms with Crippen LogP contribution in [0, 0.1) is 11.3 Å². The van der Waals surface area contributed by atoms with Gasteiger partial charge in [-0.15, -0.1) is 0 Å². The van der Waals surface area contributed by atoms with Crippen molar-refractivity contribution in [1.82, 2.24) is 0 Å². The molecule has 0 spiro atoms. The van der Waals surface area contributed by atoms with Crippen LogP contribution in [0.4, 0.5) is 0 Å². The van der Waals surface area contributed by atoms with Crippen molar-refractivity contribution in [1.29, 1.82) is 5.26 Å². The molecular formula is C14H19N. The van der Waals surface area contributed by atoms with Gasteiger partial charge in [-0.1, -0.05) is 37.6 Å². The molecule has 0 saturated carbocycles. The molecule has 0 aromatic heterocycles. The Kier molecular flexibility index (Phi) is 5.55. The predicted octanol–water partition coefficient (Wildman–Crippen LogP) is 3.88. The minimum Gasteiger partial charge on any atom is -0.198 e. The Bertz CT molecular complexity index is 305. The Morgan fingerprint density at radius 3 is 2.13 bits per heavy atom. The van der Waals surface area contributed by atoms with E-state index in [0.29, 0.717) is 6.42 Å². The van der Waals surface area contributed by atoms with Gasteiger partial charge < -0.3 is 0 Å². The van der Waals surface area contributed by atoms with Gasteiger partial charge >= 0.3 is 0 Å². The van der Waals surface area contributed by atoms with Crippen molar-refractivity contribution in [3.8, 4) is 6.07 Å². The summed E-state index contributed by atoms with van der Waals surface area (Å²) >= 11 is 0. The molecule has 0 unspecified atom stereocenters. The molecule has 0 bridgehead atoms. The second kappa shape index (κ2) is 7.06. The number of hydrogen-bond donors (Lipinski definition) is 0. The van der Waals surface area contributed by atoms with E-state index in [0.717, 1.165) is 19.3 Å². The lowest BCUT2D eigenvalue weighted by atomic mass is 10.0. The van der Waals surface area contributed by atoms with Crippen LogP contribution in [0.3, 0.4) is 0 Å². The zero-order chi connectivity index (χ0) is 10.9. The maximum absolute atomic E-state index is 8.41. The summed E-state index contributed by atoms with van der Waals surface area (Å²) in [7, 11) is 0. The highest BCUT2D eigenvalue weighted by Gasteiger charge is 1.94. The lowest BCUT2D eigenvalue weighted by Gasteiger charge is -2.02. The van der Waals surface area contributed by atoms with Crippen molar-refractivity contribution in [2.45, 2.75) is 45.4 Å². The Morgan fingerprint density at radius 1 is 1.00 bits per heavy atom. The number of hydrogen-bond acceptors (Lipinski definition) is 1. The molecule has 0 atom stereocenters. The third kappa shape index (κ3) is 4.65. The number of aryl methyl sites for hydroxylation is 2. The lowest BCUT2D eigenvalue weighted by Crippen LogP contribution is -1.87. The van der Waals surface area contributed by atoms with Crippen molar-refractivity contribution in [2.75, 3.05) is 0 Å². The highest BCUT2D eigenvalue weighted by atomic mass is 14.2. The Balaban J connectivity index is 2.33. The van der Waals surface area contributed by atoms with Gasteiger partial charge in [-0.25, -0.2) is 0 Å². The highest BCUT2D eigenvalue weighted by molar-refractivity contribution is 5.22. The first-order chi connectivity index (χ1) is 7.36. The van der Waals surface area contributed by atoms with Crippen molar-refractivity contribution in [2.24, 2.45) is 0 Å². The van der Waals surface area contributed by atoms with E-state index in [9.17, 15) is 0 Å². The normalized spacial score (nSPS) is 9.87. The van der Waals surface area contributed by atoms with Crippen molar-refractivity contribution in [3.05, 3.63) is 35.4 Å². The SMILES string of the molecule is CCCc1ccc(CCCCC#N)cc1. The molecule has 15 heavy (non-hydrogen) atoms. The summed E-state index contributed by atoms with van der Waals surface area (Å²) in [6, 6.07) is 11.1. The molecule has 1 nitrogen and oxygen atoms in total. The summed E-state index contributed by atoms with van der Waals surface area (Å²) in [5.41, 5.74) is 2.83. The molecule has 0 saturated heterocycles. The molecule has 0 aliphatic heterocycles. The average molecular weight is 201 g/mol. The van der Waals surface area contributed by atoms with Crippen molar-refractivity contribution < 1.29 is 0 Å². The van der Waals surface area contributed by atoms with Gasteiger partial charge in [0.25, 0.3) is 0 Å². The summed E-state index contributed by atoms with van der Waals surface area (Å²) in [6.45, 7) is 2.20. The molecular weight excluding hydrogens is 182 g/mol. The largest absolute Gasteiger partial charge is 0.198 e. The van der Waals surface area contributed by atoms with Gasteiger partial charge in [-0.2, -0.15) is 5.26 Å². The van der Waals surface area contributed by atoms with Crippen molar-refractivity contribution in [3.63, 3.8) is 0 Å². The minimum atomic E-state index is 0.688. The Hall–Kier alpha value is -1.29. The summed E-state index contributed by atoms with van der Waals surface area (Å²) in [4.78, 5) is 0. The zero-order valence-corrected chi connectivity index (χ0v) is 9.50. The zero-order valence-electron chi connectivity index (χ0n) is 9.50. The molecule has 80 valence electrons. The van der Waals surface area contributed by atoms with Crippen LogP contribution in [0.5, 0.6) is 0 Å². The first-order valence-corrected chi connectivity index (χ1v) is 5.81. The molecule has 0 heterocycles. The van der Waals surface area contributed by atoms with Crippen LogP contribution in [-0.4, -0.2) is 0 Å². The maximum atomic E-state index is 8.41. The molecule has 1 rings (SSSR count). The third-order valence-corrected chi connectivity index (χ3v) is 2.57. The second-order valence-corrected chi connectivity index (χ2v) is 3.93. The van der Waals surface area contributed by atoms with Crippen LogP contribution in [-0.2, 0) is 12.8 Å². The standard InChI is InChI=1S/C14H19N/c1-2-6-13-8-10-14(11-9-13)7-4-3-5-12-15/h8-11H,2-7H2,1H3. The molecule has 0 aliphatic rings. The molecule has 1 heteroatoms. The summed E-state index contributed by atoms with van der Waals surface area (Å²) < 4.78 is 0. The average Bonchev–Trinajstić information content (AvgIpc) is 2.27. The van der Waals surface area contributed by atoms with E-state index >= 15 is 0 Å². The molecule has 0 amide bonds. The van der Waals surface area contributed by atoms with Crippen LogP contribution < -0.4 is 0 Å². The van der Waals surface area contributed by atoms with E-state index in [-0.39, 0.29) is 0 Å². The number of nitrogens with zero attached hydrogens (tertiary/aromatic N) is 1. The highest BCUT2D eigenvalue weighted by Crippen LogP contribution is 2.10. The fourth-order valence-electron chi connectivity index (χ4n) is 1.69. The fraction of sp³-hybridized carbons (Fsp3) is 0.500. The fourth-order valence-corrected chi connectivity index (χ4v) is 1.69. The first-order valence-electron chi connectivity index (χ1n) is 5.81. The smallest absolute Gasteiger partial charge is 0.0621 e. The van der Waals surface area contributed by atoms with E-state index in [2.05, 4.69) is 37.3 Å². The number of benzene rings is 1. The van der Waals surface area contributed by atoms with Crippen LogP contribution in [0.25, 0.3) is 0 Å². The van der Waals surface area contributed by atoms with Crippen LogP contribution in [0.15, 0.2) is 24.3 Å². The predicted molar refractivity (Wildman–Crippen MR) is 63.6 cm³/mol. The summed E-state index contributed by atoms with van der Waals surface area (Å²) in [5.74, 6) is 0. The van der Waals surface area contributed by atoms with Gasteiger partial charge in [0, 0.05) is 6.42 Å². The van der Waals surface area contributed by atoms with E-state index in [4.69, 9.17) is 5.26 Å². The third-order valence-electron chi connectivity index (χ3n) is 2.57. The second-order valence-electron chi connectivity index (χ2n) is 3.93. The van der Waals surface area contributed by atoms with E-state index in [1.54, 1.807) is 0 Å². The molecule has 0 aliphatic carbocycles. The topological polar surface area (TPSA) is 23.8 Å². The van der Waals surface area contributed by atoms with E-state index < -0.39 is 0 Å². The van der Waals surface area contributed by atoms with Gasteiger partial charge in [0.2, 0.25) is 0 Å². The summed E-state index contributed by atoms with van der Waals surface area (Å²) in [6.07, 6.45) is 6.33. The van der Waals surface area contributed by atoms with E-state index in [1.807, 2.05) is 0 Å². The molecule has 0 fully saturated rings. The maximum Gasteiger partial charge on any atom is 0.0621 e. The van der Waals surface area contributed by atoms with Gasteiger partial charge in [-0.3, -0.25) is 0 Å². The van der Waals surface area contributed by atoms with Gasteiger partial charge in [0.05, 0.1) is 6.07 Å². The van der Waals surface area contributed by atoms with Crippen LogP contribution >= 0.6 is 0 Å². The van der Waals surface area contributed by atoms with Crippen LogP contribution in [0.2, 0.25) is 0 Å². The van der Waals surface area contributed by atoms with E-state index in [1.165, 1.54) is 24.0 Å². The lowest BCUT2D eigenvalue weighted by molar-refractivity contribution is 0.752. The first kappa shape index (κ1) is 11.8. The molecule has 1 aromatic rings. The molecule has 1 aromatic carbocycles.